The van der Waals surface area contributed by atoms with E-state index in [0.717, 1.165) is 0 Å². The van der Waals surface area contributed by atoms with Gasteiger partial charge in [-0.15, -0.1) is 0 Å². The summed E-state index contributed by atoms with van der Waals surface area (Å²) in [6, 6.07) is 4.95. The van der Waals surface area contributed by atoms with Gasteiger partial charge in [-0.05, 0) is 17.7 Å². The summed E-state index contributed by atoms with van der Waals surface area (Å²) in [5.74, 6) is -3.00. The molecule has 0 saturated heterocycles. The van der Waals surface area contributed by atoms with Gasteiger partial charge in [0.25, 0.3) is 5.92 Å². The normalized spacial score (nSPS) is 26.9. The average molecular weight is 235 g/mol. The topological polar surface area (TPSA) is 35.2 Å². The minimum atomic E-state index is -2.93. The SMILES string of the molecule is NC1(c2ccc(OC(F)F)cc2)CC1(F)F. The highest BCUT2D eigenvalue weighted by molar-refractivity contribution is 5.39. The number of alkyl halides is 4. The molecule has 2 N–H and O–H groups in total. The van der Waals surface area contributed by atoms with Crippen LogP contribution in [0.3, 0.4) is 0 Å². The lowest BCUT2D eigenvalue weighted by atomic mass is 10.1. The molecule has 0 aromatic heterocycles. The summed E-state index contributed by atoms with van der Waals surface area (Å²) in [5, 5.41) is 0. The predicted molar refractivity (Wildman–Crippen MR) is 48.5 cm³/mol. The summed E-state index contributed by atoms with van der Waals surface area (Å²) in [4.78, 5) is 0. The summed E-state index contributed by atoms with van der Waals surface area (Å²) in [5.41, 5.74) is 4.02. The van der Waals surface area contributed by atoms with Gasteiger partial charge in [0, 0.05) is 6.42 Å². The molecule has 1 unspecified atom stereocenters. The zero-order valence-electron chi connectivity index (χ0n) is 8.09. The highest BCUT2D eigenvalue weighted by Crippen LogP contribution is 2.57. The van der Waals surface area contributed by atoms with E-state index in [2.05, 4.69) is 4.74 Å². The van der Waals surface area contributed by atoms with E-state index in [1.807, 2.05) is 0 Å². The fraction of sp³-hybridized carbons (Fsp3) is 0.400. The third-order valence-corrected chi connectivity index (χ3v) is 2.62. The van der Waals surface area contributed by atoms with Crippen LogP contribution in [0, 0.1) is 0 Å². The second-order valence-corrected chi connectivity index (χ2v) is 3.76. The Bertz CT molecular complexity index is 392. The van der Waals surface area contributed by atoms with E-state index in [-0.39, 0.29) is 11.3 Å². The second kappa shape index (κ2) is 3.35. The van der Waals surface area contributed by atoms with Crippen LogP contribution in [0.5, 0.6) is 5.75 Å². The van der Waals surface area contributed by atoms with Gasteiger partial charge in [0.1, 0.15) is 11.3 Å². The minimum Gasteiger partial charge on any atom is -0.435 e. The monoisotopic (exact) mass is 235 g/mol. The minimum absolute atomic E-state index is 0.0775. The van der Waals surface area contributed by atoms with Crippen LogP contribution in [-0.2, 0) is 5.54 Å². The van der Waals surface area contributed by atoms with Crippen molar-refractivity contribution < 1.29 is 22.3 Å². The Kier molecular flexibility index (Phi) is 2.34. The second-order valence-electron chi connectivity index (χ2n) is 3.76. The first kappa shape index (κ1) is 11.2. The molecule has 0 radical (unpaired) electrons. The Balaban J connectivity index is 2.15. The number of nitrogens with two attached hydrogens (primary N) is 1. The number of ether oxygens (including phenoxy) is 1. The quantitative estimate of drug-likeness (QED) is 0.817. The molecular weight excluding hydrogens is 226 g/mol. The van der Waals surface area contributed by atoms with Crippen molar-refractivity contribution in [3.05, 3.63) is 29.8 Å². The van der Waals surface area contributed by atoms with Crippen molar-refractivity contribution in [2.45, 2.75) is 24.5 Å². The summed E-state index contributed by atoms with van der Waals surface area (Å²) in [6.07, 6.45) is -0.422. The van der Waals surface area contributed by atoms with Gasteiger partial charge < -0.3 is 10.5 Å². The van der Waals surface area contributed by atoms with E-state index in [0.29, 0.717) is 0 Å². The predicted octanol–water partition coefficient (Wildman–Crippen LogP) is 2.48. The van der Waals surface area contributed by atoms with Gasteiger partial charge in [-0.3, -0.25) is 0 Å². The Morgan fingerprint density at radius 1 is 1.19 bits per heavy atom. The molecule has 0 heterocycles. The number of benzene rings is 1. The van der Waals surface area contributed by atoms with Crippen LogP contribution in [0.15, 0.2) is 24.3 Å². The van der Waals surface area contributed by atoms with Gasteiger partial charge >= 0.3 is 6.61 Å². The van der Waals surface area contributed by atoms with Crippen molar-refractivity contribution in [2.75, 3.05) is 0 Å². The summed E-state index contributed by atoms with van der Waals surface area (Å²) in [7, 11) is 0. The lowest BCUT2D eigenvalue weighted by molar-refractivity contribution is -0.0498. The molecule has 1 atom stereocenters. The number of hydrogen-bond donors (Lipinski definition) is 1. The number of hydrogen-bond acceptors (Lipinski definition) is 2. The molecule has 1 aliphatic carbocycles. The molecule has 1 saturated carbocycles. The van der Waals surface area contributed by atoms with E-state index in [1.54, 1.807) is 0 Å². The van der Waals surface area contributed by atoms with Gasteiger partial charge in [0.15, 0.2) is 0 Å². The van der Waals surface area contributed by atoms with Crippen LogP contribution in [0.1, 0.15) is 12.0 Å². The van der Waals surface area contributed by atoms with E-state index in [4.69, 9.17) is 5.73 Å². The van der Waals surface area contributed by atoms with Crippen molar-refractivity contribution in [1.82, 2.24) is 0 Å². The van der Waals surface area contributed by atoms with Crippen molar-refractivity contribution in [3.8, 4) is 5.75 Å². The first-order valence-corrected chi connectivity index (χ1v) is 4.57. The molecule has 1 aromatic carbocycles. The van der Waals surface area contributed by atoms with Crippen LogP contribution in [0.2, 0.25) is 0 Å². The van der Waals surface area contributed by atoms with Gasteiger partial charge in [-0.2, -0.15) is 8.78 Å². The molecule has 1 fully saturated rings. The molecule has 0 bridgehead atoms. The maximum absolute atomic E-state index is 12.9. The average Bonchev–Trinajstić information content (AvgIpc) is 2.67. The molecule has 0 amide bonds. The Morgan fingerprint density at radius 3 is 2.06 bits per heavy atom. The zero-order chi connectivity index (χ0) is 12.0. The van der Waals surface area contributed by atoms with Gasteiger partial charge in [0.2, 0.25) is 0 Å². The van der Waals surface area contributed by atoms with E-state index >= 15 is 0 Å². The zero-order valence-corrected chi connectivity index (χ0v) is 8.09. The molecule has 0 aliphatic heterocycles. The molecule has 2 rings (SSSR count). The van der Waals surface area contributed by atoms with E-state index < -0.39 is 24.5 Å². The smallest absolute Gasteiger partial charge is 0.387 e. The fourth-order valence-corrected chi connectivity index (χ4v) is 1.55. The molecule has 16 heavy (non-hydrogen) atoms. The summed E-state index contributed by atoms with van der Waals surface area (Å²) >= 11 is 0. The maximum atomic E-state index is 12.9. The third kappa shape index (κ3) is 1.73. The molecule has 88 valence electrons. The van der Waals surface area contributed by atoms with Gasteiger partial charge in [-0.25, -0.2) is 8.78 Å². The fourth-order valence-electron chi connectivity index (χ4n) is 1.55. The van der Waals surface area contributed by atoms with Crippen LogP contribution in [0.25, 0.3) is 0 Å². The largest absolute Gasteiger partial charge is 0.435 e. The first-order chi connectivity index (χ1) is 7.35. The van der Waals surface area contributed by atoms with E-state index in [9.17, 15) is 17.6 Å². The molecule has 2 nitrogen and oxygen atoms in total. The highest BCUT2D eigenvalue weighted by Gasteiger charge is 2.69. The highest BCUT2D eigenvalue weighted by atomic mass is 19.3. The van der Waals surface area contributed by atoms with Crippen LogP contribution < -0.4 is 10.5 Å². The lowest BCUT2D eigenvalue weighted by Crippen LogP contribution is -2.26. The van der Waals surface area contributed by atoms with Crippen molar-refractivity contribution in [2.24, 2.45) is 5.73 Å². The molecule has 6 heteroatoms. The van der Waals surface area contributed by atoms with Crippen molar-refractivity contribution in [1.29, 1.82) is 0 Å². The van der Waals surface area contributed by atoms with Gasteiger partial charge in [-0.1, -0.05) is 12.1 Å². The Morgan fingerprint density at radius 2 is 1.69 bits per heavy atom. The Labute approximate surface area is 89.0 Å². The van der Waals surface area contributed by atoms with E-state index in [1.165, 1.54) is 24.3 Å². The number of rotatable bonds is 3. The van der Waals surface area contributed by atoms with Crippen LogP contribution in [-0.4, -0.2) is 12.5 Å². The lowest BCUT2D eigenvalue weighted by Gasteiger charge is -2.11. The van der Waals surface area contributed by atoms with Crippen molar-refractivity contribution in [3.63, 3.8) is 0 Å². The standard InChI is InChI=1S/C10H9F4NO/c11-8(12)16-7-3-1-6(2-4-7)9(15)5-10(9,13)14/h1-4,8H,5,15H2. The third-order valence-electron chi connectivity index (χ3n) is 2.62. The summed E-state index contributed by atoms with van der Waals surface area (Å²) < 4.78 is 53.5. The van der Waals surface area contributed by atoms with Crippen LogP contribution >= 0.6 is 0 Å². The molecule has 1 aliphatic rings. The number of halogens is 4. The molecular formula is C10H9F4NO. The van der Waals surface area contributed by atoms with Crippen molar-refractivity contribution >= 4 is 0 Å². The Hall–Kier alpha value is -1.30. The maximum Gasteiger partial charge on any atom is 0.387 e. The van der Waals surface area contributed by atoms with Crippen LogP contribution in [0.4, 0.5) is 17.6 Å². The molecule has 0 spiro atoms. The van der Waals surface area contributed by atoms with Gasteiger partial charge in [0.05, 0.1) is 0 Å². The molecule has 1 aromatic rings. The first-order valence-electron chi connectivity index (χ1n) is 4.57. The summed E-state index contributed by atoms with van der Waals surface area (Å²) in [6.45, 7) is -2.93.